The van der Waals surface area contributed by atoms with E-state index in [4.69, 9.17) is 0 Å². The maximum atomic E-state index is 12.4. The molecule has 1 fully saturated rings. The zero-order chi connectivity index (χ0) is 17.6. The molecule has 0 spiro atoms. The van der Waals surface area contributed by atoms with Crippen molar-refractivity contribution in [2.45, 2.75) is 19.3 Å². The van der Waals surface area contributed by atoms with Gasteiger partial charge in [0.05, 0.1) is 9.35 Å². The summed E-state index contributed by atoms with van der Waals surface area (Å²) in [5, 5.41) is 9.20. The van der Waals surface area contributed by atoms with Crippen LogP contribution in [0, 0.1) is 11.3 Å². The van der Waals surface area contributed by atoms with Gasteiger partial charge in [0.15, 0.2) is 0 Å². The lowest BCUT2D eigenvalue weighted by molar-refractivity contribution is -0.131. The highest BCUT2D eigenvalue weighted by Crippen LogP contribution is 2.23. The summed E-state index contributed by atoms with van der Waals surface area (Å²) in [7, 11) is 0. The average molecular weight is 419 g/mol. The molecule has 0 radical (unpaired) electrons. The second-order valence-corrected chi connectivity index (χ2v) is 8.46. The third-order valence-electron chi connectivity index (χ3n) is 4.28. The number of carbonyl (C=O) groups is 1. The zero-order valence-corrected chi connectivity index (χ0v) is 16.2. The van der Waals surface area contributed by atoms with Crippen LogP contribution in [0.5, 0.6) is 0 Å². The summed E-state index contributed by atoms with van der Waals surface area (Å²) in [4.78, 5) is 22.0. The van der Waals surface area contributed by atoms with E-state index in [-0.39, 0.29) is 5.91 Å². The maximum Gasteiger partial charge on any atom is 0.222 e. The Labute approximate surface area is 160 Å². The Morgan fingerprint density at radius 1 is 1.28 bits per heavy atom. The lowest BCUT2D eigenvalue weighted by atomic mass is 10.2. The quantitative estimate of drug-likeness (QED) is 0.745. The fourth-order valence-electron chi connectivity index (χ4n) is 2.96. The highest BCUT2D eigenvalue weighted by molar-refractivity contribution is 9.11. The van der Waals surface area contributed by atoms with Crippen LogP contribution in [0.15, 0.2) is 34.2 Å². The van der Waals surface area contributed by atoms with Gasteiger partial charge >= 0.3 is 0 Å². The van der Waals surface area contributed by atoms with Crippen molar-refractivity contribution >= 4 is 39.0 Å². The number of hydrogen-bond donors (Lipinski definition) is 0. The van der Waals surface area contributed by atoms with Gasteiger partial charge < -0.3 is 9.80 Å². The molecule has 0 aromatic carbocycles. The molecule has 0 aliphatic carbocycles. The summed E-state index contributed by atoms with van der Waals surface area (Å²) < 4.78 is 1.14. The molecule has 1 aliphatic rings. The fourth-order valence-corrected chi connectivity index (χ4v) is 4.49. The number of aryl methyl sites for hydroxylation is 1. The van der Waals surface area contributed by atoms with E-state index >= 15 is 0 Å². The first-order valence-corrected chi connectivity index (χ1v) is 9.90. The van der Waals surface area contributed by atoms with Crippen molar-refractivity contribution in [3.8, 4) is 6.07 Å². The molecule has 0 unspecified atom stereocenters. The summed E-state index contributed by atoms with van der Waals surface area (Å²) in [6, 6.07) is 9.90. The summed E-state index contributed by atoms with van der Waals surface area (Å²) in [5.74, 6) is 0.942. The molecule has 0 saturated carbocycles. The number of halogens is 1. The van der Waals surface area contributed by atoms with Crippen molar-refractivity contribution in [2.75, 3.05) is 31.1 Å². The summed E-state index contributed by atoms with van der Waals surface area (Å²) in [6.45, 7) is 2.81. The van der Waals surface area contributed by atoms with Gasteiger partial charge in [-0.25, -0.2) is 4.98 Å². The first kappa shape index (κ1) is 17.9. The van der Waals surface area contributed by atoms with E-state index in [0.717, 1.165) is 35.5 Å². The number of piperazine rings is 1. The van der Waals surface area contributed by atoms with Gasteiger partial charge in [0.2, 0.25) is 5.91 Å². The topological polar surface area (TPSA) is 60.2 Å². The number of pyridine rings is 1. The molecule has 2 aromatic heterocycles. The van der Waals surface area contributed by atoms with Crippen LogP contribution in [0.1, 0.15) is 23.3 Å². The van der Waals surface area contributed by atoms with Crippen molar-refractivity contribution in [1.82, 2.24) is 9.88 Å². The molecule has 3 heterocycles. The molecule has 25 heavy (non-hydrogen) atoms. The van der Waals surface area contributed by atoms with Gasteiger partial charge in [-0.3, -0.25) is 4.79 Å². The van der Waals surface area contributed by atoms with Crippen LogP contribution >= 0.6 is 27.3 Å². The molecule has 3 rings (SSSR count). The van der Waals surface area contributed by atoms with Crippen molar-refractivity contribution in [1.29, 1.82) is 5.26 Å². The summed E-state index contributed by atoms with van der Waals surface area (Å²) >= 11 is 5.19. The first-order valence-electron chi connectivity index (χ1n) is 8.29. The lowest BCUT2D eigenvalue weighted by Crippen LogP contribution is -2.49. The molecule has 1 saturated heterocycles. The molecule has 0 bridgehead atoms. The third-order valence-corrected chi connectivity index (χ3v) is 5.97. The Balaban J connectivity index is 1.47. The average Bonchev–Trinajstić information content (AvgIpc) is 3.07. The van der Waals surface area contributed by atoms with E-state index in [2.05, 4.69) is 37.9 Å². The van der Waals surface area contributed by atoms with Gasteiger partial charge in [-0.2, -0.15) is 5.26 Å². The number of nitrogens with zero attached hydrogens (tertiary/aromatic N) is 4. The zero-order valence-electron chi connectivity index (χ0n) is 13.8. The van der Waals surface area contributed by atoms with Crippen LogP contribution in [0.25, 0.3) is 0 Å². The van der Waals surface area contributed by atoms with Crippen molar-refractivity contribution in [3.05, 3.63) is 44.7 Å². The third kappa shape index (κ3) is 4.59. The second-order valence-electron chi connectivity index (χ2n) is 5.91. The number of carbonyl (C=O) groups excluding carboxylic acids is 1. The molecule has 1 amide bonds. The minimum atomic E-state index is 0.219. The Kier molecular flexibility index (Phi) is 6.05. The number of rotatable bonds is 5. The van der Waals surface area contributed by atoms with E-state index in [1.54, 1.807) is 29.7 Å². The van der Waals surface area contributed by atoms with Crippen LogP contribution in [0.3, 0.4) is 0 Å². The van der Waals surface area contributed by atoms with Crippen LogP contribution in [-0.2, 0) is 11.2 Å². The Bertz CT molecular complexity index is 777. The molecule has 5 nitrogen and oxygen atoms in total. The number of amides is 1. The van der Waals surface area contributed by atoms with E-state index in [9.17, 15) is 10.1 Å². The first-order chi connectivity index (χ1) is 12.2. The van der Waals surface area contributed by atoms with Gasteiger partial charge in [-0.15, -0.1) is 11.3 Å². The second kappa shape index (κ2) is 8.45. The van der Waals surface area contributed by atoms with Crippen molar-refractivity contribution in [2.24, 2.45) is 0 Å². The van der Waals surface area contributed by atoms with Crippen LogP contribution in [0.2, 0.25) is 0 Å². The lowest BCUT2D eigenvalue weighted by Gasteiger charge is -2.35. The molecule has 0 N–H and O–H groups in total. The van der Waals surface area contributed by atoms with Gasteiger partial charge in [0.1, 0.15) is 11.9 Å². The summed E-state index contributed by atoms with van der Waals surface area (Å²) in [6.07, 6.45) is 4.12. The van der Waals surface area contributed by atoms with E-state index in [1.165, 1.54) is 4.88 Å². The van der Waals surface area contributed by atoms with E-state index < -0.39 is 0 Å². The summed E-state index contributed by atoms with van der Waals surface area (Å²) in [5.41, 5.74) is 0.587. The molecular weight excluding hydrogens is 400 g/mol. The van der Waals surface area contributed by atoms with Crippen LogP contribution < -0.4 is 4.90 Å². The minimum absolute atomic E-state index is 0.219. The molecule has 130 valence electrons. The van der Waals surface area contributed by atoms with E-state index in [1.807, 2.05) is 11.0 Å². The SMILES string of the molecule is N#Cc1cccnc1N1CCN(C(=O)CCCc2ccc(Br)s2)CC1. The van der Waals surface area contributed by atoms with Gasteiger partial charge in [-0.1, -0.05) is 0 Å². The maximum absolute atomic E-state index is 12.4. The van der Waals surface area contributed by atoms with E-state index in [0.29, 0.717) is 25.1 Å². The molecule has 0 atom stereocenters. The molecule has 2 aromatic rings. The minimum Gasteiger partial charge on any atom is -0.352 e. The monoisotopic (exact) mass is 418 g/mol. The smallest absolute Gasteiger partial charge is 0.222 e. The van der Waals surface area contributed by atoms with Crippen LogP contribution in [-0.4, -0.2) is 42.0 Å². The predicted octanol–water partition coefficient (Wildman–Crippen LogP) is 3.45. The number of nitriles is 1. The van der Waals surface area contributed by atoms with Crippen LogP contribution in [0.4, 0.5) is 5.82 Å². The molecule has 1 aliphatic heterocycles. The fraction of sp³-hybridized carbons (Fsp3) is 0.389. The molecular formula is C18H19BrN4OS. The standard InChI is InChI=1S/C18H19BrN4OS/c19-16-7-6-15(25-16)4-1-5-17(24)22-9-11-23(12-10-22)18-14(13-20)3-2-8-21-18/h2-3,6-8H,1,4-5,9-12H2. The van der Waals surface area contributed by atoms with Gasteiger partial charge in [0.25, 0.3) is 0 Å². The van der Waals surface area contributed by atoms with Gasteiger partial charge in [0, 0.05) is 43.7 Å². The predicted molar refractivity (Wildman–Crippen MR) is 103 cm³/mol. The largest absolute Gasteiger partial charge is 0.352 e. The van der Waals surface area contributed by atoms with Gasteiger partial charge in [-0.05, 0) is 53.0 Å². The Hall–Kier alpha value is -1.91. The van der Waals surface area contributed by atoms with Crippen molar-refractivity contribution < 1.29 is 4.79 Å². The highest BCUT2D eigenvalue weighted by Gasteiger charge is 2.22. The highest BCUT2D eigenvalue weighted by atomic mass is 79.9. The Morgan fingerprint density at radius 3 is 2.76 bits per heavy atom. The number of anilines is 1. The number of aromatic nitrogens is 1. The number of hydrogen-bond acceptors (Lipinski definition) is 5. The molecule has 7 heteroatoms. The normalized spacial score (nSPS) is 14.4. The Morgan fingerprint density at radius 2 is 2.08 bits per heavy atom. The number of thiophene rings is 1. The van der Waals surface area contributed by atoms with Crippen molar-refractivity contribution in [3.63, 3.8) is 0 Å².